The Hall–Kier alpha value is -2.03. The lowest BCUT2D eigenvalue weighted by Crippen LogP contribution is -2.47. The molecule has 0 bridgehead atoms. The number of hydrogen-bond donors (Lipinski definition) is 1. The number of quaternary nitrogens is 1. The van der Waals surface area contributed by atoms with Crippen molar-refractivity contribution in [3.63, 3.8) is 0 Å². The molecule has 476 valence electrons. The van der Waals surface area contributed by atoms with Gasteiger partial charge in [-0.3, -0.25) is 14.2 Å². The zero-order chi connectivity index (χ0) is 59.3. The first-order valence-electron chi connectivity index (χ1n) is 35.0. The average Bonchev–Trinajstić information content (AvgIpc) is 3.44. The molecular formula is C71H135N2O7P. The van der Waals surface area contributed by atoms with Crippen molar-refractivity contribution in [2.75, 3.05) is 40.9 Å². The maximum Gasteiger partial charge on any atom is 0.306 e. The second-order valence-corrected chi connectivity index (χ2v) is 26.5. The number of rotatable bonds is 64. The van der Waals surface area contributed by atoms with Crippen molar-refractivity contribution in [3.8, 4) is 0 Å². The van der Waals surface area contributed by atoms with Crippen LogP contribution in [-0.4, -0.2) is 69.4 Å². The van der Waals surface area contributed by atoms with Gasteiger partial charge in [0.1, 0.15) is 19.3 Å². The van der Waals surface area contributed by atoms with Crippen LogP contribution in [0.5, 0.6) is 0 Å². The molecule has 3 atom stereocenters. The normalized spacial score (nSPS) is 13.8. The quantitative estimate of drug-likeness (QED) is 0.0161. The van der Waals surface area contributed by atoms with Crippen LogP contribution in [0.1, 0.15) is 342 Å². The smallest absolute Gasteiger partial charge is 0.306 e. The first-order valence-corrected chi connectivity index (χ1v) is 36.4. The zero-order valence-corrected chi connectivity index (χ0v) is 55.4. The van der Waals surface area contributed by atoms with E-state index in [1.54, 1.807) is 0 Å². The maximum atomic E-state index is 13.6. The summed E-state index contributed by atoms with van der Waals surface area (Å²) in [6.07, 6.45) is 76.7. The summed E-state index contributed by atoms with van der Waals surface area (Å²) in [5, 5.41) is 3.04. The highest BCUT2D eigenvalue weighted by Crippen LogP contribution is 2.38. The van der Waals surface area contributed by atoms with E-state index >= 15 is 0 Å². The number of unbranched alkanes of at least 4 members (excludes halogenated alkanes) is 44. The van der Waals surface area contributed by atoms with E-state index < -0.39 is 20.0 Å². The molecule has 1 amide bonds. The van der Waals surface area contributed by atoms with Gasteiger partial charge in [-0.25, -0.2) is 0 Å². The molecule has 0 rings (SSSR count). The van der Waals surface area contributed by atoms with E-state index in [2.05, 4.69) is 62.5 Å². The molecule has 0 spiro atoms. The van der Waals surface area contributed by atoms with Gasteiger partial charge in [0.25, 0.3) is 7.82 Å². The van der Waals surface area contributed by atoms with E-state index in [0.29, 0.717) is 17.4 Å². The van der Waals surface area contributed by atoms with Gasteiger partial charge in [0, 0.05) is 12.8 Å². The molecule has 0 heterocycles. The fraction of sp³-hybridized carbons (Fsp3) is 0.859. The van der Waals surface area contributed by atoms with Crippen LogP contribution in [0.15, 0.2) is 48.6 Å². The van der Waals surface area contributed by atoms with Crippen molar-refractivity contribution < 1.29 is 37.3 Å². The molecule has 0 aliphatic heterocycles. The number of likely N-dealkylation sites (N-methyl/N-ethyl adjacent to an activating group) is 1. The van der Waals surface area contributed by atoms with Gasteiger partial charge in [-0.1, -0.05) is 327 Å². The van der Waals surface area contributed by atoms with Crippen LogP contribution in [0.4, 0.5) is 0 Å². The number of allylic oxidation sites excluding steroid dienone is 7. The second-order valence-electron chi connectivity index (χ2n) is 25.1. The van der Waals surface area contributed by atoms with Crippen molar-refractivity contribution in [1.29, 1.82) is 0 Å². The van der Waals surface area contributed by atoms with E-state index in [-0.39, 0.29) is 31.5 Å². The third-order valence-corrected chi connectivity index (χ3v) is 16.8. The van der Waals surface area contributed by atoms with Crippen LogP contribution in [-0.2, 0) is 27.9 Å². The Labute approximate surface area is 503 Å². The number of phosphoric acid groups is 1. The van der Waals surface area contributed by atoms with Gasteiger partial charge in [0.15, 0.2) is 0 Å². The van der Waals surface area contributed by atoms with E-state index in [4.69, 9.17) is 13.8 Å². The number of esters is 1. The number of ether oxygens (including phenoxy) is 1. The minimum Gasteiger partial charge on any atom is -0.756 e. The summed E-state index contributed by atoms with van der Waals surface area (Å²) in [4.78, 5) is 40.1. The fourth-order valence-electron chi connectivity index (χ4n) is 10.5. The Kier molecular flexibility index (Phi) is 59.5. The molecule has 0 aromatic carbocycles. The summed E-state index contributed by atoms with van der Waals surface area (Å²) >= 11 is 0. The Morgan fingerprint density at radius 1 is 0.444 bits per heavy atom. The van der Waals surface area contributed by atoms with Crippen molar-refractivity contribution in [3.05, 3.63) is 48.6 Å². The molecule has 0 saturated carbocycles. The number of carbonyl (C=O) groups is 2. The highest BCUT2D eigenvalue weighted by atomic mass is 31.2. The van der Waals surface area contributed by atoms with Crippen molar-refractivity contribution in [2.45, 2.75) is 354 Å². The topological polar surface area (TPSA) is 114 Å². The first kappa shape index (κ1) is 79.0. The monoisotopic (exact) mass is 1160 g/mol. The van der Waals surface area contributed by atoms with Crippen molar-refractivity contribution in [2.24, 2.45) is 0 Å². The minimum absolute atomic E-state index is 0.0230. The number of phosphoric ester groups is 1. The van der Waals surface area contributed by atoms with Crippen LogP contribution in [0.3, 0.4) is 0 Å². The molecule has 0 saturated heterocycles. The molecule has 0 aliphatic rings. The third-order valence-electron chi connectivity index (χ3n) is 15.8. The van der Waals surface area contributed by atoms with Crippen LogP contribution < -0.4 is 10.2 Å². The predicted molar refractivity (Wildman–Crippen MR) is 349 cm³/mol. The van der Waals surface area contributed by atoms with Crippen LogP contribution >= 0.6 is 7.82 Å². The van der Waals surface area contributed by atoms with Crippen LogP contribution in [0, 0.1) is 0 Å². The predicted octanol–water partition coefficient (Wildman–Crippen LogP) is 21.4. The number of amides is 1. The molecule has 0 radical (unpaired) electrons. The van der Waals surface area contributed by atoms with Gasteiger partial charge in [-0.05, 0) is 51.0 Å². The average molecular weight is 1160 g/mol. The van der Waals surface area contributed by atoms with E-state index in [1.807, 2.05) is 33.3 Å². The molecule has 10 heteroatoms. The highest BCUT2D eigenvalue weighted by Gasteiger charge is 2.27. The maximum absolute atomic E-state index is 13.6. The highest BCUT2D eigenvalue weighted by molar-refractivity contribution is 7.45. The molecule has 81 heavy (non-hydrogen) atoms. The minimum atomic E-state index is -4.70. The second kappa shape index (κ2) is 61.1. The Balaban J connectivity index is 5.00. The summed E-state index contributed by atoms with van der Waals surface area (Å²) in [5.74, 6) is -0.540. The third kappa shape index (κ3) is 62.3. The van der Waals surface area contributed by atoms with E-state index in [9.17, 15) is 19.0 Å². The Morgan fingerprint density at radius 2 is 0.790 bits per heavy atom. The van der Waals surface area contributed by atoms with Crippen LogP contribution in [0.2, 0.25) is 0 Å². The summed E-state index contributed by atoms with van der Waals surface area (Å²) < 4.78 is 30.4. The first-order chi connectivity index (χ1) is 39.4. The van der Waals surface area contributed by atoms with Gasteiger partial charge in [-0.2, -0.15) is 0 Å². The molecule has 9 nitrogen and oxygen atoms in total. The Morgan fingerprint density at radius 3 is 1.17 bits per heavy atom. The zero-order valence-electron chi connectivity index (χ0n) is 54.5. The van der Waals surface area contributed by atoms with E-state index in [1.165, 1.54) is 231 Å². The largest absolute Gasteiger partial charge is 0.756 e. The molecule has 0 aromatic heterocycles. The number of nitrogens with one attached hydrogen (secondary N) is 1. The standard InChI is InChI=1S/C71H135N2O7P/c1-7-10-13-16-19-22-25-28-30-31-32-33-34-35-36-37-38-39-40-41-43-45-48-51-54-57-60-63-70(74)72-68(67-79-81(76,77)78-66-65-73(4,5)6)69(62-59-56-53-50-47-44-27-24-21-18-15-12-9-3)80-71(75)64-61-58-55-52-49-46-42-29-26-23-20-17-14-11-8-2/h11,14,17,20,23,26,59,62,68-69H,7-10,12-13,15-16,18-19,21-22,24-25,27-58,60-61,63-67H2,1-6H3,(H-,72,74,76,77)/b14-11+,20-17+,26-23+,62-59-. The lowest BCUT2D eigenvalue weighted by molar-refractivity contribution is -0.870. The summed E-state index contributed by atoms with van der Waals surface area (Å²) in [7, 11) is 1.19. The number of carbonyl (C=O) groups excluding carboxylic acids is 2. The summed E-state index contributed by atoms with van der Waals surface area (Å²) in [5.41, 5.74) is 0. The van der Waals surface area contributed by atoms with Gasteiger partial charge < -0.3 is 28.5 Å². The molecule has 0 aliphatic carbocycles. The van der Waals surface area contributed by atoms with Gasteiger partial charge in [0.05, 0.1) is 33.8 Å². The SMILES string of the molecule is CC/C=C/C=C/C=C/CCCCCCCCCC(=O)OC(/C=C\CCCCCCCCCCCCC)C(COP(=O)([O-])OCC[N+](C)(C)C)NC(=O)CCCCCCCCCCCCCCCCCCCCCCCCCCCCC. The molecule has 3 unspecified atom stereocenters. The molecule has 1 N–H and O–H groups in total. The lowest BCUT2D eigenvalue weighted by atomic mass is 10.0. The molecule has 0 fully saturated rings. The van der Waals surface area contributed by atoms with Crippen LogP contribution in [0.25, 0.3) is 0 Å². The Bertz CT molecular complexity index is 1520. The van der Waals surface area contributed by atoms with Gasteiger partial charge in [0.2, 0.25) is 5.91 Å². The number of nitrogens with zero attached hydrogens (tertiary/aromatic N) is 1. The van der Waals surface area contributed by atoms with Gasteiger partial charge in [-0.15, -0.1) is 0 Å². The summed E-state index contributed by atoms with van der Waals surface area (Å²) in [6, 6.07) is -0.892. The molecule has 0 aromatic rings. The number of hydrogen-bond acceptors (Lipinski definition) is 7. The molecular weight excluding hydrogens is 1020 g/mol. The fourth-order valence-corrected chi connectivity index (χ4v) is 11.2. The van der Waals surface area contributed by atoms with Crippen molar-refractivity contribution in [1.82, 2.24) is 5.32 Å². The summed E-state index contributed by atoms with van der Waals surface area (Å²) in [6.45, 7) is 6.76. The van der Waals surface area contributed by atoms with Gasteiger partial charge >= 0.3 is 5.97 Å². The van der Waals surface area contributed by atoms with E-state index in [0.717, 1.165) is 77.0 Å². The lowest BCUT2D eigenvalue weighted by Gasteiger charge is -2.30. The van der Waals surface area contributed by atoms with Crippen molar-refractivity contribution >= 4 is 19.7 Å².